The van der Waals surface area contributed by atoms with Crippen LogP contribution < -0.4 is 11.1 Å². The van der Waals surface area contributed by atoms with Gasteiger partial charge in [0.05, 0.1) is 12.1 Å². The summed E-state index contributed by atoms with van der Waals surface area (Å²) >= 11 is 1.60. The number of amides is 1. The fraction of sp³-hybridized carbons (Fsp3) is 0.462. The molecule has 0 saturated heterocycles. The van der Waals surface area contributed by atoms with Gasteiger partial charge in [0.25, 0.3) is 0 Å². The van der Waals surface area contributed by atoms with E-state index in [0.717, 1.165) is 24.0 Å². The van der Waals surface area contributed by atoms with Crippen LogP contribution in [0.4, 0.5) is 8.78 Å². The van der Waals surface area contributed by atoms with E-state index in [1.54, 1.807) is 18.7 Å². The third kappa shape index (κ3) is 4.80. The maximum absolute atomic E-state index is 13.5. The van der Waals surface area contributed by atoms with E-state index >= 15 is 0 Å². The average Bonchev–Trinajstić information content (AvgIpc) is 2.38. The van der Waals surface area contributed by atoms with Crippen molar-refractivity contribution in [3.8, 4) is 0 Å². The van der Waals surface area contributed by atoms with Crippen molar-refractivity contribution in [1.29, 1.82) is 0 Å². The van der Waals surface area contributed by atoms with Crippen molar-refractivity contribution in [2.45, 2.75) is 25.4 Å². The molecule has 6 heteroatoms. The van der Waals surface area contributed by atoms with Gasteiger partial charge in [0.15, 0.2) is 0 Å². The van der Waals surface area contributed by atoms with Gasteiger partial charge in [-0.25, -0.2) is 8.78 Å². The van der Waals surface area contributed by atoms with Crippen molar-refractivity contribution in [2.75, 3.05) is 12.0 Å². The quantitative estimate of drug-likeness (QED) is 0.844. The second kappa shape index (κ2) is 7.45. The lowest BCUT2D eigenvalue weighted by atomic mass is 10.1. The Morgan fingerprint density at radius 1 is 1.47 bits per heavy atom. The maximum atomic E-state index is 13.5. The molecule has 1 rings (SSSR count). The Bertz CT molecular complexity index is 443. The third-order valence-electron chi connectivity index (χ3n) is 2.75. The first-order chi connectivity index (χ1) is 8.95. The Kier molecular flexibility index (Phi) is 6.24. The molecule has 19 heavy (non-hydrogen) atoms. The molecule has 0 aliphatic rings. The second-order valence-corrected chi connectivity index (χ2v) is 5.27. The highest BCUT2D eigenvalue weighted by Gasteiger charge is 2.18. The number of thioether (sulfide) groups is 1. The molecular weight excluding hydrogens is 270 g/mol. The zero-order chi connectivity index (χ0) is 14.4. The summed E-state index contributed by atoms with van der Waals surface area (Å²) in [7, 11) is 0. The zero-order valence-electron chi connectivity index (χ0n) is 11.0. The molecule has 1 aromatic carbocycles. The molecule has 0 aromatic heterocycles. The van der Waals surface area contributed by atoms with Crippen molar-refractivity contribution in [2.24, 2.45) is 5.73 Å². The van der Waals surface area contributed by atoms with Crippen LogP contribution in [0.1, 0.15) is 24.9 Å². The summed E-state index contributed by atoms with van der Waals surface area (Å²) in [4.78, 5) is 11.8. The van der Waals surface area contributed by atoms with E-state index < -0.39 is 23.7 Å². The molecule has 1 unspecified atom stereocenters. The molecule has 0 aliphatic heterocycles. The van der Waals surface area contributed by atoms with Crippen LogP contribution in [0, 0.1) is 11.6 Å². The minimum atomic E-state index is -0.633. The van der Waals surface area contributed by atoms with Crippen molar-refractivity contribution in [1.82, 2.24) is 5.32 Å². The molecule has 0 aliphatic carbocycles. The van der Waals surface area contributed by atoms with Crippen LogP contribution in [0.3, 0.4) is 0 Å². The molecule has 0 radical (unpaired) electrons. The van der Waals surface area contributed by atoms with E-state index in [1.165, 1.54) is 0 Å². The minimum absolute atomic E-state index is 0.116. The normalized spacial score (nSPS) is 13.9. The lowest BCUT2D eigenvalue weighted by molar-refractivity contribution is -0.123. The predicted molar refractivity (Wildman–Crippen MR) is 73.9 cm³/mol. The lowest BCUT2D eigenvalue weighted by Crippen LogP contribution is -2.42. The Morgan fingerprint density at radius 2 is 2.16 bits per heavy atom. The molecule has 1 aromatic rings. The number of benzene rings is 1. The van der Waals surface area contributed by atoms with E-state index in [0.29, 0.717) is 6.42 Å². The Labute approximate surface area is 115 Å². The molecule has 1 amide bonds. The SMILES string of the molecule is CSCC[C@H](N)C(=O)NC(C)c1cc(F)ccc1F. The van der Waals surface area contributed by atoms with Gasteiger partial charge in [0.1, 0.15) is 11.6 Å². The van der Waals surface area contributed by atoms with Gasteiger partial charge in [0, 0.05) is 5.56 Å². The summed E-state index contributed by atoms with van der Waals surface area (Å²) < 4.78 is 26.6. The molecule has 106 valence electrons. The van der Waals surface area contributed by atoms with Crippen LogP contribution in [0.15, 0.2) is 18.2 Å². The number of halogens is 2. The predicted octanol–water partition coefficient (Wildman–Crippen LogP) is 2.22. The highest BCUT2D eigenvalue weighted by molar-refractivity contribution is 7.98. The summed E-state index contributed by atoms with van der Waals surface area (Å²) in [6.07, 6.45) is 2.47. The Hall–Kier alpha value is -1.14. The number of carbonyl (C=O) groups excluding carboxylic acids is 1. The van der Waals surface area contributed by atoms with Crippen LogP contribution in [0.25, 0.3) is 0 Å². The Balaban J connectivity index is 2.66. The fourth-order valence-corrected chi connectivity index (χ4v) is 2.11. The molecule has 3 nitrogen and oxygen atoms in total. The van der Waals surface area contributed by atoms with Crippen molar-refractivity contribution in [3.05, 3.63) is 35.4 Å². The highest BCUT2D eigenvalue weighted by atomic mass is 32.2. The monoisotopic (exact) mass is 288 g/mol. The van der Waals surface area contributed by atoms with Crippen molar-refractivity contribution >= 4 is 17.7 Å². The van der Waals surface area contributed by atoms with Gasteiger partial charge in [-0.3, -0.25) is 4.79 Å². The molecule has 0 saturated carbocycles. The third-order valence-corrected chi connectivity index (χ3v) is 3.40. The number of rotatable bonds is 6. The smallest absolute Gasteiger partial charge is 0.237 e. The number of hydrogen-bond donors (Lipinski definition) is 2. The van der Waals surface area contributed by atoms with Crippen molar-refractivity contribution < 1.29 is 13.6 Å². The van der Waals surface area contributed by atoms with Gasteiger partial charge in [-0.05, 0) is 43.6 Å². The Morgan fingerprint density at radius 3 is 2.79 bits per heavy atom. The van der Waals surface area contributed by atoms with E-state index in [4.69, 9.17) is 5.73 Å². The number of carbonyl (C=O) groups is 1. The molecule has 0 heterocycles. The molecule has 0 spiro atoms. The van der Waals surface area contributed by atoms with Gasteiger partial charge in [-0.15, -0.1) is 0 Å². The summed E-state index contributed by atoms with van der Waals surface area (Å²) in [6.45, 7) is 1.59. The summed E-state index contributed by atoms with van der Waals surface area (Å²) in [5, 5.41) is 2.59. The first kappa shape index (κ1) is 15.9. The number of nitrogens with one attached hydrogen (secondary N) is 1. The molecule has 0 fully saturated rings. The summed E-state index contributed by atoms with van der Waals surface area (Å²) in [6, 6.07) is 1.90. The van der Waals surface area contributed by atoms with Gasteiger partial charge in [-0.1, -0.05) is 0 Å². The number of nitrogens with two attached hydrogens (primary N) is 1. The first-order valence-electron chi connectivity index (χ1n) is 5.95. The van der Waals surface area contributed by atoms with Crippen LogP contribution in [-0.4, -0.2) is 24.0 Å². The number of hydrogen-bond acceptors (Lipinski definition) is 3. The topological polar surface area (TPSA) is 55.1 Å². The summed E-state index contributed by atoms with van der Waals surface area (Å²) in [5.74, 6) is -0.668. The maximum Gasteiger partial charge on any atom is 0.237 e. The van der Waals surface area contributed by atoms with E-state index in [1.807, 2.05) is 6.26 Å². The van der Waals surface area contributed by atoms with Crippen LogP contribution in [0.2, 0.25) is 0 Å². The van der Waals surface area contributed by atoms with Crippen LogP contribution in [0.5, 0.6) is 0 Å². The van der Waals surface area contributed by atoms with Gasteiger partial charge < -0.3 is 11.1 Å². The van der Waals surface area contributed by atoms with Gasteiger partial charge >= 0.3 is 0 Å². The highest BCUT2D eigenvalue weighted by Crippen LogP contribution is 2.18. The lowest BCUT2D eigenvalue weighted by Gasteiger charge is -2.18. The minimum Gasteiger partial charge on any atom is -0.348 e. The van der Waals surface area contributed by atoms with E-state index in [9.17, 15) is 13.6 Å². The average molecular weight is 288 g/mol. The van der Waals surface area contributed by atoms with E-state index in [2.05, 4.69) is 5.32 Å². The molecule has 3 N–H and O–H groups in total. The van der Waals surface area contributed by atoms with E-state index in [-0.39, 0.29) is 11.5 Å². The molecular formula is C13H18F2N2OS. The van der Waals surface area contributed by atoms with Crippen LogP contribution in [-0.2, 0) is 4.79 Å². The van der Waals surface area contributed by atoms with Crippen molar-refractivity contribution in [3.63, 3.8) is 0 Å². The van der Waals surface area contributed by atoms with Gasteiger partial charge in [0.2, 0.25) is 5.91 Å². The molecule has 0 bridgehead atoms. The standard InChI is InChI=1S/C13H18F2N2OS/c1-8(10-7-9(14)3-4-11(10)15)17-13(18)12(16)5-6-19-2/h3-4,7-8,12H,5-6,16H2,1-2H3,(H,17,18)/t8?,12-/m0/s1. The largest absolute Gasteiger partial charge is 0.348 e. The van der Waals surface area contributed by atoms with Gasteiger partial charge in [-0.2, -0.15) is 11.8 Å². The summed E-state index contributed by atoms with van der Waals surface area (Å²) in [5.41, 5.74) is 5.82. The first-order valence-corrected chi connectivity index (χ1v) is 7.35. The van der Waals surface area contributed by atoms with Crippen LogP contribution >= 0.6 is 11.8 Å². The fourth-order valence-electron chi connectivity index (χ4n) is 1.62. The second-order valence-electron chi connectivity index (χ2n) is 4.28. The zero-order valence-corrected chi connectivity index (χ0v) is 11.8. The molecule has 2 atom stereocenters.